The molecule has 1 heterocycles. The Morgan fingerprint density at radius 1 is 1.10 bits per heavy atom. The van der Waals surface area contributed by atoms with Gasteiger partial charge in [0.05, 0.1) is 11.0 Å². The van der Waals surface area contributed by atoms with Crippen molar-refractivity contribution in [2.75, 3.05) is 6.54 Å². The van der Waals surface area contributed by atoms with Gasteiger partial charge in [0.1, 0.15) is 18.4 Å². The molecule has 1 aliphatic rings. The minimum absolute atomic E-state index is 0.0303. The standard InChI is InChI=1S/C21H25NO6S/c1-14-4-3-5-15(2)19(14)13-28-17-7-9-18(10-8-17)29(26,27)22-12-16(23)6-11-20(22)21(24)25/h3-5,7-10,16,20,23H,6,11-13H2,1-2H3,(H,24,25). The fourth-order valence-electron chi connectivity index (χ4n) is 3.51. The third kappa shape index (κ3) is 4.60. The summed E-state index contributed by atoms with van der Waals surface area (Å²) in [6, 6.07) is 10.7. The van der Waals surface area contributed by atoms with Crippen molar-refractivity contribution in [2.45, 2.75) is 50.3 Å². The summed E-state index contributed by atoms with van der Waals surface area (Å²) in [5, 5.41) is 19.2. The molecule has 8 heteroatoms. The summed E-state index contributed by atoms with van der Waals surface area (Å²) in [5.74, 6) is -0.700. The van der Waals surface area contributed by atoms with Crippen molar-refractivity contribution < 1.29 is 28.2 Å². The molecule has 0 spiro atoms. The van der Waals surface area contributed by atoms with Crippen LogP contribution >= 0.6 is 0 Å². The van der Waals surface area contributed by atoms with E-state index in [1.54, 1.807) is 12.1 Å². The van der Waals surface area contributed by atoms with E-state index in [-0.39, 0.29) is 24.3 Å². The highest BCUT2D eigenvalue weighted by atomic mass is 32.2. The summed E-state index contributed by atoms with van der Waals surface area (Å²) >= 11 is 0. The van der Waals surface area contributed by atoms with Gasteiger partial charge < -0.3 is 14.9 Å². The van der Waals surface area contributed by atoms with E-state index in [9.17, 15) is 23.4 Å². The van der Waals surface area contributed by atoms with Crippen molar-refractivity contribution in [3.63, 3.8) is 0 Å². The van der Waals surface area contributed by atoms with Crippen molar-refractivity contribution in [2.24, 2.45) is 0 Å². The lowest BCUT2D eigenvalue weighted by Crippen LogP contribution is -2.51. The Hall–Kier alpha value is -2.42. The minimum Gasteiger partial charge on any atom is -0.489 e. The van der Waals surface area contributed by atoms with E-state index in [2.05, 4.69) is 0 Å². The van der Waals surface area contributed by atoms with Crippen LogP contribution < -0.4 is 4.74 Å². The first kappa shape index (κ1) is 21.3. The number of rotatable bonds is 6. The maximum absolute atomic E-state index is 12.9. The highest BCUT2D eigenvalue weighted by Gasteiger charge is 2.40. The fourth-order valence-corrected chi connectivity index (χ4v) is 5.16. The van der Waals surface area contributed by atoms with E-state index in [1.807, 2.05) is 32.0 Å². The molecule has 0 radical (unpaired) electrons. The molecule has 2 aromatic carbocycles. The van der Waals surface area contributed by atoms with Crippen LogP contribution in [0.4, 0.5) is 0 Å². The molecule has 2 N–H and O–H groups in total. The van der Waals surface area contributed by atoms with Crippen LogP contribution in [0.5, 0.6) is 5.75 Å². The number of sulfonamides is 1. The van der Waals surface area contributed by atoms with E-state index in [1.165, 1.54) is 12.1 Å². The molecule has 0 aromatic heterocycles. The largest absolute Gasteiger partial charge is 0.489 e. The van der Waals surface area contributed by atoms with Gasteiger partial charge in [-0.05, 0) is 67.6 Å². The number of hydrogen-bond acceptors (Lipinski definition) is 5. The number of aliphatic hydroxyl groups excluding tert-OH is 1. The predicted molar refractivity (Wildman–Crippen MR) is 107 cm³/mol. The molecule has 7 nitrogen and oxygen atoms in total. The topological polar surface area (TPSA) is 104 Å². The SMILES string of the molecule is Cc1cccc(C)c1COc1ccc(S(=O)(=O)N2CC(O)CCC2C(=O)O)cc1. The lowest BCUT2D eigenvalue weighted by Gasteiger charge is -2.34. The number of nitrogens with zero attached hydrogens (tertiary/aromatic N) is 1. The van der Waals surface area contributed by atoms with Crippen LogP contribution in [0.1, 0.15) is 29.5 Å². The Morgan fingerprint density at radius 2 is 1.72 bits per heavy atom. The molecule has 1 fully saturated rings. The smallest absolute Gasteiger partial charge is 0.322 e. The molecule has 0 amide bonds. The monoisotopic (exact) mass is 419 g/mol. The highest BCUT2D eigenvalue weighted by molar-refractivity contribution is 7.89. The first-order valence-electron chi connectivity index (χ1n) is 9.41. The van der Waals surface area contributed by atoms with Gasteiger partial charge in [-0.25, -0.2) is 8.42 Å². The number of carbonyl (C=O) groups is 1. The van der Waals surface area contributed by atoms with Gasteiger partial charge in [-0.15, -0.1) is 0 Å². The molecule has 3 rings (SSSR count). The molecule has 156 valence electrons. The number of benzene rings is 2. The second-order valence-electron chi connectivity index (χ2n) is 7.29. The van der Waals surface area contributed by atoms with E-state index < -0.39 is 28.1 Å². The first-order chi connectivity index (χ1) is 13.7. The minimum atomic E-state index is -4.05. The second-order valence-corrected chi connectivity index (χ2v) is 9.18. The lowest BCUT2D eigenvalue weighted by atomic mass is 10.0. The van der Waals surface area contributed by atoms with Crippen LogP contribution in [0.3, 0.4) is 0 Å². The fraction of sp³-hybridized carbons (Fsp3) is 0.381. The Labute approximate surface area is 170 Å². The molecule has 2 atom stereocenters. The van der Waals surface area contributed by atoms with Crippen LogP contribution in [0.2, 0.25) is 0 Å². The Morgan fingerprint density at radius 3 is 2.31 bits per heavy atom. The van der Waals surface area contributed by atoms with Gasteiger partial charge in [0, 0.05) is 6.54 Å². The number of aliphatic hydroxyl groups is 1. The van der Waals surface area contributed by atoms with Gasteiger partial charge in [0.25, 0.3) is 0 Å². The van der Waals surface area contributed by atoms with Gasteiger partial charge in [-0.1, -0.05) is 18.2 Å². The molecule has 0 bridgehead atoms. The van der Waals surface area contributed by atoms with Crippen LogP contribution in [0.25, 0.3) is 0 Å². The zero-order chi connectivity index (χ0) is 21.2. The van der Waals surface area contributed by atoms with Gasteiger partial charge in [0.2, 0.25) is 10.0 Å². The third-order valence-electron chi connectivity index (χ3n) is 5.25. The molecule has 1 saturated heterocycles. The molecule has 1 aliphatic heterocycles. The van der Waals surface area contributed by atoms with Gasteiger partial charge >= 0.3 is 5.97 Å². The van der Waals surface area contributed by atoms with Gasteiger partial charge in [-0.3, -0.25) is 4.79 Å². The maximum atomic E-state index is 12.9. The summed E-state index contributed by atoms with van der Waals surface area (Å²) in [5.41, 5.74) is 3.32. The van der Waals surface area contributed by atoms with Gasteiger partial charge in [0.15, 0.2) is 0 Å². The van der Waals surface area contributed by atoms with Crippen molar-refractivity contribution in [1.82, 2.24) is 4.31 Å². The summed E-state index contributed by atoms with van der Waals surface area (Å²) in [6.07, 6.45) is -0.541. The maximum Gasteiger partial charge on any atom is 0.322 e. The van der Waals surface area contributed by atoms with Crippen LogP contribution in [-0.4, -0.2) is 47.6 Å². The number of ether oxygens (including phenoxy) is 1. The number of aryl methyl sites for hydroxylation is 2. The third-order valence-corrected chi connectivity index (χ3v) is 7.14. The van der Waals surface area contributed by atoms with Crippen molar-refractivity contribution >= 4 is 16.0 Å². The summed E-state index contributed by atoms with van der Waals surface area (Å²) in [6.45, 7) is 4.15. The Bertz CT molecular complexity index is 966. The molecular weight excluding hydrogens is 394 g/mol. The van der Waals surface area contributed by atoms with Crippen LogP contribution in [0, 0.1) is 13.8 Å². The number of hydrogen-bond donors (Lipinski definition) is 2. The second kappa shape index (κ2) is 8.52. The Balaban J connectivity index is 1.77. The number of β-amino-alcohol motifs (C(OH)–C–C–N with tert-alkyl or cyclic N) is 1. The average Bonchev–Trinajstić information content (AvgIpc) is 2.67. The Kier molecular flexibility index (Phi) is 6.26. The van der Waals surface area contributed by atoms with E-state index in [0.717, 1.165) is 21.0 Å². The molecule has 29 heavy (non-hydrogen) atoms. The number of aliphatic carboxylic acids is 1. The lowest BCUT2D eigenvalue weighted by molar-refractivity contribution is -0.143. The molecule has 0 aliphatic carbocycles. The molecule has 0 saturated carbocycles. The van der Waals surface area contributed by atoms with Crippen LogP contribution in [0.15, 0.2) is 47.4 Å². The summed E-state index contributed by atoms with van der Waals surface area (Å²) < 4.78 is 32.5. The predicted octanol–water partition coefficient (Wildman–Crippen LogP) is 2.48. The number of piperidine rings is 1. The van der Waals surface area contributed by atoms with E-state index >= 15 is 0 Å². The summed E-state index contributed by atoms with van der Waals surface area (Å²) in [4.78, 5) is 11.4. The summed E-state index contributed by atoms with van der Waals surface area (Å²) in [7, 11) is -4.05. The molecular formula is C21H25NO6S. The van der Waals surface area contributed by atoms with Gasteiger partial charge in [-0.2, -0.15) is 4.31 Å². The van der Waals surface area contributed by atoms with Crippen LogP contribution in [-0.2, 0) is 21.4 Å². The van der Waals surface area contributed by atoms with Crippen molar-refractivity contribution in [1.29, 1.82) is 0 Å². The first-order valence-corrected chi connectivity index (χ1v) is 10.8. The average molecular weight is 419 g/mol. The van der Waals surface area contributed by atoms with Crippen molar-refractivity contribution in [3.05, 3.63) is 59.2 Å². The zero-order valence-electron chi connectivity index (χ0n) is 16.4. The highest BCUT2D eigenvalue weighted by Crippen LogP contribution is 2.27. The number of carboxylic acids is 1. The molecule has 2 unspecified atom stereocenters. The number of carboxylic acid groups (broad SMARTS) is 1. The van der Waals surface area contributed by atoms with E-state index in [0.29, 0.717) is 12.4 Å². The van der Waals surface area contributed by atoms with Crippen molar-refractivity contribution in [3.8, 4) is 5.75 Å². The molecule has 2 aromatic rings. The van der Waals surface area contributed by atoms with E-state index in [4.69, 9.17) is 4.74 Å². The zero-order valence-corrected chi connectivity index (χ0v) is 17.2. The normalized spacial score (nSPS) is 20.4. The quantitative estimate of drug-likeness (QED) is 0.746.